The lowest BCUT2D eigenvalue weighted by atomic mass is 10.2. The molecule has 0 spiro atoms. The molecular weight excluding hydrogens is 126 g/mol. The van der Waals surface area contributed by atoms with Crippen LogP contribution >= 0.6 is 0 Å². The zero-order valence-electron chi connectivity index (χ0n) is 6.51. The largest absolute Gasteiger partial charge is 0.361 e. The van der Waals surface area contributed by atoms with Gasteiger partial charge in [-0.25, -0.2) is 0 Å². The fourth-order valence-corrected chi connectivity index (χ4v) is 0.749. The third-order valence-electron chi connectivity index (χ3n) is 1.08. The summed E-state index contributed by atoms with van der Waals surface area (Å²) in [5, 5.41) is 3.80. The fraction of sp³-hybridized carbons (Fsp3) is 0.375. The van der Waals surface area contributed by atoms with Gasteiger partial charge in [-0.2, -0.15) is 0 Å². The molecular formula is C8H11NO. The highest BCUT2D eigenvalue weighted by atomic mass is 16.5. The molecule has 0 aliphatic rings. The van der Waals surface area contributed by atoms with Crippen molar-refractivity contribution in [2.75, 3.05) is 0 Å². The van der Waals surface area contributed by atoms with Crippen LogP contribution in [0.25, 0.3) is 6.08 Å². The number of rotatable bonds is 1. The molecule has 0 radical (unpaired) electrons. The number of nitrogens with zero attached hydrogens (tertiary/aromatic N) is 1. The Balaban J connectivity index is 2.86. The Kier molecular flexibility index (Phi) is 1.90. The van der Waals surface area contributed by atoms with Crippen LogP contribution < -0.4 is 0 Å². The standard InChI is InChI=1S/C8H11NO/c1-6(2)4-8-5-7(3)10-9-8/h4-5H,1-3H3. The van der Waals surface area contributed by atoms with E-state index in [4.69, 9.17) is 4.52 Å². The SMILES string of the molecule is CC(C)=Cc1cc(C)on1. The van der Waals surface area contributed by atoms with Crippen molar-refractivity contribution in [3.63, 3.8) is 0 Å². The molecule has 1 rings (SSSR count). The molecule has 0 amide bonds. The maximum absolute atomic E-state index is 4.87. The molecule has 1 aromatic rings. The van der Waals surface area contributed by atoms with E-state index in [1.54, 1.807) is 0 Å². The minimum absolute atomic E-state index is 0.854. The molecule has 0 saturated carbocycles. The number of hydrogen-bond donors (Lipinski definition) is 0. The molecule has 0 unspecified atom stereocenters. The van der Waals surface area contributed by atoms with Crippen molar-refractivity contribution >= 4 is 6.08 Å². The van der Waals surface area contributed by atoms with Crippen LogP contribution in [0.1, 0.15) is 25.3 Å². The second-order valence-electron chi connectivity index (χ2n) is 2.58. The third-order valence-corrected chi connectivity index (χ3v) is 1.08. The predicted octanol–water partition coefficient (Wildman–Crippen LogP) is 2.41. The van der Waals surface area contributed by atoms with E-state index in [1.807, 2.05) is 32.9 Å². The smallest absolute Gasteiger partial charge is 0.134 e. The summed E-state index contributed by atoms with van der Waals surface area (Å²) < 4.78 is 4.87. The van der Waals surface area contributed by atoms with Crippen LogP contribution in [0.3, 0.4) is 0 Å². The van der Waals surface area contributed by atoms with Crippen molar-refractivity contribution < 1.29 is 4.52 Å². The average molecular weight is 137 g/mol. The number of aromatic nitrogens is 1. The van der Waals surface area contributed by atoms with Crippen LogP contribution in [0.2, 0.25) is 0 Å². The van der Waals surface area contributed by atoms with Gasteiger partial charge >= 0.3 is 0 Å². The lowest BCUT2D eigenvalue weighted by Gasteiger charge is -1.82. The van der Waals surface area contributed by atoms with Gasteiger partial charge in [0.05, 0.1) is 0 Å². The first kappa shape index (κ1) is 7.06. The minimum Gasteiger partial charge on any atom is -0.361 e. The molecule has 0 atom stereocenters. The van der Waals surface area contributed by atoms with Crippen LogP contribution in [-0.4, -0.2) is 5.16 Å². The summed E-state index contributed by atoms with van der Waals surface area (Å²) in [6.45, 7) is 5.95. The zero-order chi connectivity index (χ0) is 7.56. The molecule has 2 nitrogen and oxygen atoms in total. The molecule has 1 aromatic heterocycles. The van der Waals surface area contributed by atoms with Gasteiger partial charge in [-0.1, -0.05) is 10.7 Å². The van der Waals surface area contributed by atoms with Crippen molar-refractivity contribution in [2.45, 2.75) is 20.8 Å². The normalized spacial score (nSPS) is 9.50. The highest BCUT2D eigenvalue weighted by Crippen LogP contribution is 2.05. The maximum atomic E-state index is 4.87. The van der Waals surface area contributed by atoms with E-state index in [0.717, 1.165) is 11.5 Å². The molecule has 0 aromatic carbocycles. The average Bonchev–Trinajstić information content (AvgIpc) is 2.13. The quantitative estimate of drug-likeness (QED) is 0.594. The predicted molar refractivity (Wildman–Crippen MR) is 40.6 cm³/mol. The zero-order valence-corrected chi connectivity index (χ0v) is 6.51. The van der Waals surface area contributed by atoms with Crippen molar-refractivity contribution in [1.82, 2.24) is 5.16 Å². The first-order valence-corrected chi connectivity index (χ1v) is 3.27. The van der Waals surface area contributed by atoms with Gasteiger partial charge in [0, 0.05) is 6.07 Å². The van der Waals surface area contributed by atoms with Crippen LogP contribution in [0.15, 0.2) is 16.2 Å². The molecule has 0 fully saturated rings. The monoisotopic (exact) mass is 137 g/mol. The Morgan fingerprint density at radius 1 is 1.60 bits per heavy atom. The van der Waals surface area contributed by atoms with E-state index < -0.39 is 0 Å². The lowest BCUT2D eigenvalue weighted by molar-refractivity contribution is 0.396. The Morgan fingerprint density at radius 3 is 2.70 bits per heavy atom. The lowest BCUT2D eigenvalue weighted by Crippen LogP contribution is -1.68. The number of aryl methyl sites for hydroxylation is 1. The second kappa shape index (κ2) is 2.69. The summed E-state index contributed by atoms with van der Waals surface area (Å²) in [5.41, 5.74) is 2.13. The van der Waals surface area contributed by atoms with Gasteiger partial charge in [-0.05, 0) is 26.8 Å². The van der Waals surface area contributed by atoms with Crippen LogP contribution in [0.4, 0.5) is 0 Å². The Labute approximate surface area is 60.5 Å². The van der Waals surface area contributed by atoms with Crippen molar-refractivity contribution in [2.24, 2.45) is 0 Å². The van der Waals surface area contributed by atoms with Gasteiger partial charge in [-0.15, -0.1) is 0 Å². The summed E-state index contributed by atoms with van der Waals surface area (Å²) in [6.07, 6.45) is 1.98. The van der Waals surface area contributed by atoms with Gasteiger partial charge in [0.15, 0.2) is 0 Å². The number of hydrogen-bond acceptors (Lipinski definition) is 2. The van der Waals surface area contributed by atoms with E-state index in [0.29, 0.717) is 0 Å². The molecule has 54 valence electrons. The molecule has 0 N–H and O–H groups in total. The topological polar surface area (TPSA) is 26.0 Å². The van der Waals surface area contributed by atoms with Crippen molar-refractivity contribution in [3.05, 3.63) is 23.1 Å². The Morgan fingerprint density at radius 2 is 2.30 bits per heavy atom. The molecule has 0 aliphatic carbocycles. The molecule has 10 heavy (non-hydrogen) atoms. The van der Waals surface area contributed by atoms with E-state index in [1.165, 1.54) is 5.57 Å². The van der Waals surface area contributed by atoms with E-state index in [9.17, 15) is 0 Å². The summed E-state index contributed by atoms with van der Waals surface area (Å²) in [5.74, 6) is 0.854. The summed E-state index contributed by atoms with van der Waals surface area (Å²) in [6, 6.07) is 1.91. The number of allylic oxidation sites excluding steroid dienone is 1. The van der Waals surface area contributed by atoms with E-state index in [-0.39, 0.29) is 0 Å². The summed E-state index contributed by atoms with van der Waals surface area (Å²) in [4.78, 5) is 0. The third kappa shape index (κ3) is 1.72. The summed E-state index contributed by atoms with van der Waals surface area (Å²) in [7, 11) is 0. The van der Waals surface area contributed by atoms with Gasteiger partial charge in [0.2, 0.25) is 0 Å². The Hall–Kier alpha value is -1.05. The highest BCUT2D eigenvalue weighted by molar-refractivity contribution is 5.46. The Bertz CT molecular complexity index is 244. The van der Waals surface area contributed by atoms with Gasteiger partial charge < -0.3 is 4.52 Å². The second-order valence-corrected chi connectivity index (χ2v) is 2.58. The van der Waals surface area contributed by atoms with Crippen molar-refractivity contribution in [1.29, 1.82) is 0 Å². The molecule has 1 heterocycles. The van der Waals surface area contributed by atoms with Gasteiger partial charge in [-0.3, -0.25) is 0 Å². The summed E-state index contributed by atoms with van der Waals surface area (Å²) >= 11 is 0. The minimum atomic E-state index is 0.854. The van der Waals surface area contributed by atoms with Gasteiger partial charge in [0.25, 0.3) is 0 Å². The van der Waals surface area contributed by atoms with Crippen LogP contribution in [0.5, 0.6) is 0 Å². The fourth-order valence-electron chi connectivity index (χ4n) is 0.749. The van der Waals surface area contributed by atoms with Crippen molar-refractivity contribution in [3.8, 4) is 0 Å². The van der Waals surface area contributed by atoms with Crippen LogP contribution in [0, 0.1) is 6.92 Å². The van der Waals surface area contributed by atoms with Gasteiger partial charge in [0.1, 0.15) is 11.5 Å². The molecule has 0 aliphatic heterocycles. The molecule has 0 bridgehead atoms. The van der Waals surface area contributed by atoms with E-state index >= 15 is 0 Å². The molecule has 0 saturated heterocycles. The highest BCUT2D eigenvalue weighted by Gasteiger charge is 1.93. The van der Waals surface area contributed by atoms with Crippen LogP contribution in [-0.2, 0) is 0 Å². The maximum Gasteiger partial charge on any atom is 0.134 e. The van der Waals surface area contributed by atoms with E-state index in [2.05, 4.69) is 5.16 Å². The first-order chi connectivity index (χ1) is 4.68. The first-order valence-electron chi connectivity index (χ1n) is 3.27. The molecule has 2 heteroatoms.